The first kappa shape index (κ1) is 11.1. The van der Waals surface area contributed by atoms with Crippen LogP contribution >= 0.6 is 0 Å². The average molecular weight is 224 g/mol. The lowest BCUT2D eigenvalue weighted by Gasteiger charge is -2.31. The molecule has 0 aromatic carbocycles. The normalized spacial score (nSPS) is 27.2. The number of rotatable bonds is 5. The number of hydrogen-bond donors (Lipinski definition) is 1. The smallest absolute Gasteiger partial charge is 0.229 e. The Labute approximate surface area is 94.4 Å². The van der Waals surface area contributed by atoms with E-state index in [0.717, 1.165) is 0 Å². The van der Waals surface area contributed by atoms with Gasteiger partial charge in [-0.25, -0.2) is 0 Å². The molecule has 0 saturated carbocycles. The molecule has 0 bridgehead atoms. The van der Waals surface area contributed by atoms with Crippen LogP contribution in [0.5, 0.6) is 0 Å². The highest BCUT2D eigenvalue weighted by molar-refractivity contribution is 5.83. The van der Waals surface area contributed by atoms with E-state index < -0.39 is 0 Å². The summed E-state index contributed by atoms with van der Waals surface area (Å²) in [5.74, 6) is 0.148. The standard InChI is InChI=1S/C11H16N2O3/c1-2-3-4-9(14)12-6-8-7-13-10(15)5-11(13)16-8/h2,8,11H,1,3-7H2,(H,12,14). The first-order valence-electron chi connectivity index (χ1n) is 5.53. The Morgan fingerprint density at radius 2 is 2.50 bits per heavy atom. The zero-order chi connectivity index (χ0) is 11.5. The predicted molar refractivity (Wildman–Crippen MR) is 57.4 cm³/mol. The SMILES string of the molecule is C=CCCC(=O)NCC1CN2C(=O)CC2O1. The third-order valence-electron chi connectivity index (χ3n) is 2.87. The molecule has 2 atom stereocenters. The van der Waals surface area contributed by atoms with Crippen LogP contribution in [0.1, 0.15) is 19.3 Å². The molecule has 0 aromatic rings. The molecule has 0 aliphatic carbocycles. The number of β-lactam (4-membered cyclic amide) rings is 1. The van der Waals surface area contributed by atoms with E-state index in [2.05, 4.69) is 11.9 Å². The van der Waals surface area contributed by atoms with Crippen LogP contribution in [0.2, 0.25) is 0 Å². The van der Waals surface area contributed by atoms with E-state index >= 15 is 0 Å². The van der Waals surface area contributed by atoms with Gasteiger partial charge in [-0.05, 0) is 6.42 Å². The molecule has 5 nitrogen and oxygen atoms in total. The summed E-state index contributed by atoms with van der Waals surface area (Å²) in [6.07, 6.45) is 3.26. The molecule has 2 amide bonds. The summed E-state index contributed by atoms with van der Waals surface area (Å²) >= 11 is 0. The lowest BCUT2D eigenvalue weighted by atomic mass is 10.2. The van der Waals surface area contributed by atoms with Crippen molar-refractivity contribution in [2.45, 2.75) is 31.6 Å². The lowest BCUT2D eigenvalue weighted by Crippen LogP contribution is -2.48. The second-order valence-electron chi connectivity index (χ2n) is 4.09. The third-order valence-corrected chi connectivity index (χ3v) is 2.87. The van der Waals surface area contributed by atoms with Crippen molar-refractivity contribution in [2.24, 2.45) is 0 Å². The topological polar surface area (TPSA) is 58.6 Å². The maximum Gasteiger partial charge on any atom is 0.229 e. The van der Waals surface area contributed by atoms with Gasteiger partial charge in [0.05, 0.1) is 19.1 Å². The number of nitrogens with one attached hydrogen (secondary N) is 1. The Morgan fingerprint density at radius 3 is 3.12 bits per heavy atom. The van der Waals surface area contributed by atoms with Gasteiger partial charge in [0, 0.05) is 13.0 Å². The molecule has 88 valence electrons. The highest BCUT2D eigenvalue weighted by atomic mass is 16.5. The van der Waals surface area contributed by atoms with Gasteiger partial charge in [-0.1, -0.05) is 6.08 Å². The molecule has 1 N–H and O–H groups in total. The van der Waals surface area contributed by atoms with Crippen molar-refractivity contribution in [3.8, 4) is 0 Å². The molecule has 2 unspecified atom stereocenters. The number of carbonyl (C=O) groups excluding carboxylic acids is 2. The molecule has 2 rings (SSSR count). The van der Waals surface area contributed by atoms with E-state index in [1.54, 1.807) is 11.0 Å². The molecular formula is C11H16N2O3. The van der Waals surface area contributed by atoms with Crippen LogP contribution < -0.4 is 5.32 Å². The van der Waals surface area contributed by atoms with Gasteiger partial charge in [0.15, 0.2) is 0 Å². The van der Waals surface area contributed by atoms with Crippen LogP contribution in [0.4, 0.5) is 0 Å². The molecule has 2 aliphatic heterocycles. The predicted octanol–water partition coefficient (Wildman–Crippen LogP) is 0.0260. The second-order valence-corrected chi connectivity index (χ2v) is 4.09. The number of carbonyl (C=O) groups is 2. The Kier molecular flexibility index (Phi) is 3.24. The number of fused-ring (bicyclic) bond motifs is 1. The molecule has 16 heavy (non-hydrogen) atoms. The van der Waals surface area contributed by atoms with E-state index in [0.29, 0.717) is 32.4 Å². The Hall–Kier alpha value is -1.36. The van der Waals surface area contributed by atoms with Crippen LogP contribution in [0, 0.1) is 0 Å². The van der Waals surface area contributed by atoms with Crippen molar-refractivity contribution in [2.75, 3.05) is 13.1 Å². The number of ether oxygens (including phenoxy) is 1. The highest BCUT2D eigenvalue weighted by Gasteiger charge is 2.44. The zero-order valence-corrected chi connectivity index (χ0v) is 9.15. The number of nitrogens with zero attached hydrogens (tertiary/aromatic N) is 1. The van der Waals surface area contributed by atoms with Crippen molar-refractivity contribution in [1.82, 2.24) is 10.2 Å². The van der Waals surface area contributed by atoms with Crippen LogP contribution in [-0.2, 0) is 14.3 Å². The second kappa shape index (κ2) is 4.65. The highest BCUT2D eigenvalue weighted by Crippen LogP contribution is 2.28. The van der Waals surface area contributed by atoms with Crippen LogP contribution in [-0.4, -0.2) is 42.1 Å². The molecular weight excluding hydrogens is 208 g/mol. The summed E-state index contributed by atoms with van der Waals surface area (Å²) in [4.78, 5) is 24.1. The number of hydrogen-bond acceptors (Lipinski definition) is 3. The Morgan fingerprint density at radius 1 is 1.69 bits per heavy atom. The molecule has 0 spiro atoms. The molecule has 0 radical (unpaired) electrons. The van der Waals surface area contributed by atoms with Crippen molar-refractivity contribution in [1.29, 1.82) is 0 Å². The van der Waals surface area contributed by atoms with E-state index in [9.17, 15) is 9.59 Å². The maximum absolute atomic E-state index is 11.3. The van der Waals surface area contributed by atoms with Gasteiger partial charge in [0.2, 0.25) is 11.8 Å². The van der Waals surface area contributed by atoms with Crippen LogP contribution in [0.25, 0.3) is 0 Å². The van der Waals surface area contributed by atoms with Gasteiger partial charge in [-0.2, -0.15) is 0 Å². The lowest BCUT2D eigenvalue weighted by molar-refractivity contribution is -0.156. The monoisotopic (exact) mass is 224 g/mol. The fourth-order valence-corrected chi connectivity index (χ4v) is 1.91. The summed E-state index contributed by atoms with van der Waals surface area (Å²) in [5.41, 5.74) is 0. The van der Waals surface area contributed by atoms with Crippen LogP contribution in [0.15, 0.2) is 12.7 Å². The minimum atomic E-state index is -0.0517. The Bertz CT molecular complexity index is 316. The van der Waals surface area contributed by atoms with Gasteiger partial charge in [-0.15, -0.1) is 6.58 Å². The van der Waals surface area contributed by atoms with Gasteiger partial charge in [-0.3, -0.25) is 9.59 Å². The van der Waals surface area contributed by atoms with Gasteiger partial charge < -0.3 is 15.0 Å². The molecule has 0 aromatic heterocycles. The molecule has 2 heterocycles. The Balaban J connectivity index is 1.66. The van der Waals surface area contributed by atoms with Crippen molar-refractivity contribution in [3.05, 3.63) is 12.7 Å². The first-order chi connectivity index (χ1) is 7.70. The van der Waals surface area contributed by atoms with Crippen molar-refractivity contribution in [3.63, 3.8) is 0 Å². The minimum Gasteiger partial charge on any atom is -0.353 e. The van der Waals surface area contributed by atoms with Gasteiger partial charge >= 0.3 is 0 Å². The fourth-order valence-electron chi connectivity index (χ4n) is 1.91. The van der Waals surface area contributed by atoms with E-state index in [-0.39, 0.29) is 24.1 Å². The van der Waals surface area contributed by atoms with Crippen LogP contribution in [0.3, 0.4) is 0 Å². The maximum atomic E-state index is 11.3. The zero-order valence-electron chi connectivity index (χ0n) is 9.15. The van der Waals surface area contributed by atoms with Gasteiger partial charge in [0.25, 0.3) is 0 Å². The minimum absolute atomic E-state index is 0.00377. The van der Waals surface area contributed by atoms with E-state index in [1.807, 2.05) is 0 Å². The number of amides is 2. The summed E-state index contributed by atoms with van der Waals surface area (Å²) in [5, 5.41) is 2.79. The molecule has 2 fully saturated rings. The van der Waals surface area contributed by atoms with Crippen molar-refractivity contribution >= 4 is 11.8 Å². The quantitative estimate of drug-likeness (QED) is 0.529. The summed E-state index contributed by atoms with van der Waals surface area (Å²) in [6, 6.07) is 0. The van der Waals surface area contributed by atoms with Gasteiger partial charge in [0.1, 0.15) is 6.23 Å². The summed E-state index contributed by atoms with van der Waals surface area (Å²) in [7, 11) is 0. The molecule has 5 heteroatoms. The van der Waals surface area contributed by atoms with E-state index in [4.69, 9.17) is 4.74 Å². The largest absolute Gasteiger partial charge is 0.353 e. The fraction of sp³-hybridized carbons (Fsp3) is 0.636. The third kappa shape index (κ3) is 2.24. The molecule has 2 saturated heterocycles. The summed E-state index contributed by atoms with van der Waals surface area (Å²) in [6.45, 7) is 4.64. The number of allylic oxidation sites excluding steroid dienone is 1. The average Bonchev–Trinajstić information content (AvgIpc) is 2.60. The van der Waals surface area contributed by atoms with Crippen molar-refractivity contribution < 1.29 is 14.3 Å². The van der Waals surface area contributed by atoms with E-state index in [1.165, 1.54) is 0 Å². The summed E-state index contributed by atoms with van der Waals surface area (Å²) < 4.78 is 5.56. The molecule has 2 aliphatic rings. The first-order valence-corrected chi connectivity index (χ1v) is 5.53.